The van der Waals surface area contributed by atoms with Gasteiger partial charge in [0.1, 0.15) is 5.76 Å². The van der Waals surface area contributed by atoms with E-state index in [1.165, 1.54) is 0 Å². The van der Waals surface area contributed by atoms with Gasteiger partial charge in [0.05, 0.1) is 12.6 Å². The molecular weight excluding hydrogens is 379 g/mol. The van der Waals surface area contributed by atoms with Crippen LogP contribution in [-0.4, -0.2) is 41.0 Å². The van der Waals surface area contributed by atoms with Crippen LogP contribution in [0.5, 0.6) is 0 Å². The number of benzene rings is 1. The zero-order chi connectivity index (χ0) is 18.7. The molecule has 2 N–H and O–H groups in total. The number of hydrogen-bond acceptors (Lipinski definition) is 5. The van der Waals surface area contributed by atoms with E-state index < -0.39 is 6.04 Å². The van der Waals surface area contributed by atoms with Crippen molar-refractivity contribution in [3.05, 3.63) is 40.1 Å². The average molecular weight is 397 g/mol. The quantitative estimate of drug-likeness (QED) is 0.808. The van der Waals surface area contributed by atoms with Crippen LogP contribution in [-0.2, 0) is 9.59 Å². The topological polar surface area (TPSA) is 87.5 Å². The summed E-state index contributed by atoms with van der Waals surface area (Å²) in [7, 11) is 0. The number of hydrogen-bond donors (Lipinski definition) is 2. The van der Waals surface area contributed by atoms with Crippen molar-refractivity contribution in [1.82, 2.24) is 10.1 Å². The monoisotopic (exact) mass is 396 g/mol. The molecule has 138 valence electrons. The van der Waals surface area contributed by atoms with E-state index in [9.17, 15) is 9.59 Å². The predicted molar refractivity (Wildman–Crippen MR) is 99.6 cm³/mol. The fourth-order valence-electron chi connectivity index (χ4n) is 2.96. The molecule has 0 aliphatic carbocycles. The summed E-state index contributed by atoms with van der Waals surface area (Å²) >= 11 is 11.9. The minimum atomic E-state index is -0.391. The van der Waals surface area contributed by atoms with Gasteiger partial charge < -0.3 is 15.2 Å². The highest BCUT2D eigenvalue weighted by molar-refractivity contribution is 6.35. The number of aromatic nitrogens is 1. The average Bonchev–Trinajstić information content (AvgIpc) is 3.15. The lowest BCUT2D eigenvalue weighted by molar-refractivity contribution is -0.122. The van der Waals surface area contributed by atoms with Crippen LogP contribution in [0.15, 0.2) is 28.8 Å². The van der Waals surface area contributed by atoms with Crippen LogP contribution < -0.4 is 10.6 Å². The molecule has 1 aromatic heterocycles. The van der Waals surface area contributed by atoms with Crippen LogP contribution in [0.25, 0.3) is 0 Å². The second kappa shape index (κ2) is 8.07. The largest absolute Gasteiger partial charge is 0.360 e. The molecule has 1 aromatic carbocycles. The lowest BCUT2D eigenvalue weighted by Gasteiger charge is -2.23. The number of carbonyl (C=O) groups is 2. The molecular formula is C17H18Cl2N4O3. The van der Waals surface area contributed by atoms with Crippen LogP contribution in [0.2, 0.25) is 10.0 Å². The van der Waals surface area contributed by atoms with Crippen molar-refractivity contribution in [1.29, 1.82) is 0 Å². The van der Waals surface area contributed by atoms with Gasteiger partial charge in [-0.2, -0.15) is 0 Å². The van der Waals surface area contributed by atoms with Gasteiger partial charge in [-0.15, -0.1) is 0 Å². The molecule has 7 nitrogen and oxygen atoms in total. The zero-order valence-corrected chi connectivity index (χ0v) is 15.6. The predicted octanol–water partition coefficient (Wildman–Crippen LogP) is 3.33. The minimum absolute atomic E-state index is 0.0975. The molecule has 1 aliphatic rings. The van der Waals surface area contributed by atoms with Crippen LogP contribution >= 0.6 is 23.2 Å². The first-order valence-electron chi connectivity index (χ1n) is 8.15. The molecule has 3 rings (SSSR count). The highest BCUT2D eigenvalue weighted by Gasteiger charge is 2.32. The molecule has 0 unspecified atom stereocenters. The molecule has 2 heterocycles. The maximum atomic E-state index is 12.6. The van der Waals surface area contributed by atoms with Crippen molar-refractivity contribution in [2.75, 3.05) is 23.7 Å². The zero-order valence-electron chi connectivity index (χ0n) is 14.1. The van der Waals surface area contributed by atoms with Crippen molar-refractivity contribution in [3.63, 3.8) is 0 Å². The molecule has 0 radical (unpaired) electrons. The summed E-state index contributed by atoms with van der Waals surface area (Å²) in [5, 5.41) is 10.1. The number of likely N-dealkylation sites (tertiary alicyclic amines) is 1. The molecule has 1 aliphatic heterocycles. The number of carbonyl (C=O) groups excluding carboxylic acids is 2. The summed E-state index contributed by atoms with van der Waals surface area (Å²) in [6.07, 6.45) is 1.52. The summed E-state index contributed by atoms with van der Waals surface area (Å²) in [5.41, 5.74) is 0.530. The molecule has 0 saturated carbocycles. The molecule has 1 saturated heterocycles. The number of nitrogens with zero attached hydrogens (tertiary/aromatic N) is 2. The number of rotatable bonds is 5. The van der Waals surface area contributed by atoms with Crippen molar-refractivity contribution in [3.8, 4) is 0 Å². The van der Waals surface area contributed by atoms with Gasteiger partial charge in [0.15, 0.2) is 5.82 Å². The van der Waals surface area contributed by atoms with Gasteiger partial charge in [-0.3, -0.25) is 14.5 Å². The van der Waals surface area contributed by atoms with Gasteiger partial charge in [-0.25, -0.2) is 0 Å². The summed E-state index contributed by atoms with van der Waals surface area (Å²) in [6, 6.07) is 6.09. The van der Waals surface area contributed by atoms with E-state index in [1.54, 1.807) is 31.2 Å². The lowest BCUT2D eigenvalue weighted by atomic mass is 10.2. The van der Waals surface area contributed by atoms with E-state index in [0.29, 0.717) is 40.3 Å². The first kappa shape index (κ1) is 18.7. The van der Waals surface area contributed by atoms with E-state index in [2.05, 4.69) is 15.8 Å². The maximum absolute atomic E-state index is 12.6. The third-order valence-electron chi connectivity index (χ3n) is 4.04. The number of anilines is 2. The third kappa shape index (κ3) is 4.75. The highest BCUT2D eigenvalue weighted by atomic mass is 35.5. The fraction of sp³-hybridized carbons (Fsp3) is 0.353. The molecule has 1 atom stereocenters. The molecule has 0 bridgehead atoms. The Morgan fingerprint density at radius 1 is 1.23 bits per heavy atom. The molecule has 0 spiro atoms. The van der Waals surface area contributed by atoms with Gasteiger partial charge in [0.2, 0.25) is 11.8 Å². The molecule has 2 amide bonds. The summed E-state index contributed by atoms with van der Waals surface area (Å²) in [4.78, 5) is 26.6. The van der Waals surface area contributed by atoms with Gasteiger partial charge in [-0.05, 0) is 44.5 Å². The van der Waals surface area contributed by atoms with E-state index in [4.69, 9.17) is 27.7 Å². The Balaban J connectivity index is 1.60. The smallest absolute Gasteiger partial charge is 0.241 e. The third-order valence-corrected chi connectivity index (χ3v) is 4.47. The van der Waals surface area contributed by atoms with Gasteiger partial charge in [-0.1, -0.05) is 28.4 Å². The summed E-state index contributed by atoms with van der Waals surface area (Å²) < 4.78 is 4.92. The van der Waals surface area contributed by atoms with Crippen LogP contribution in [0.1, 0.15) is 18.6 Å². The van der Waals surface area contributed by atoms with Gasteiger partial charge in [0.25, 0.3) is 0 Å². The fourth-order valence-corrected chi connectivity index (χ4v) is 3.48. The highest BCUT2D eigenvalue weighted by Crippen LogP contribution is 2.24. The Labute approximate surface area is 160 Å². The van der Waals surface area contributed by atoms with Crippen molar-refractivity contribution >= 4 is 46.5 Å². The van der Waals surface area contributed by atoms with Crippen LogP contribution in [0, 0.1) is 6.92 Å². The standard InChI is InChI=1S/C17H18Cl2N4O3/c1-10-5-15(22-26-10)21-16(24)9-23-4-2-3-14(23)17(25)20-13-7-11(18)6-12(19)8-13/h5-8,14H,2-4,9H2,1H3,(H,20,25)(H,21,22,24)/t14-/m0/s1. The SMILES string of the molecule is Cc1cc(NC(=O)CN2CCC[C@H]2C(=O)Nc2cc(Cl)cc(Cl)c2)no1. The number of amides is 2. The van der Waals surface area contributed by atoms with E-state index in [1.807, 2.05) is 4.90 Å². The minimum Gasteiger partial charge on any atom is -0.360 e. The van der Waals surface area contributed by atoms with E-state index in [-0.39, 0.29) is 18.4 Å². The Morgan fingerprint density at radius 2 is 1.96 bits per heavy atom. The Kier molecular flexibility index (Phi) is 5.80. The van der Waals surface area contributed by atoms with Crippen molar-refractivity contribution < 1.29 is 14.1 Å². The Morgan fingerprint density at radius 3 is 2.62 bits per heavy atom. The Bertz CT molecular complexity index is 804. The van der Waals surface area contributed by atoms with E-state index >= 15 is 0 Å². The molecule has 9 heteroatoms. The summed E-state index contributed by atoms with van der Waals surface area (Å²) in [5.74, 6) is 0.537. The first-order valence-corrected chi connectivity index (χ1v) is 8.90. The molecule has 2 aromatic rings. The first-order chi connectivity index (χ1) is 12.4. The van der Waals surface area contributed by atoms with Crippen molar-refractivity contribution in [2.45, 2.75) is 25.8 Å². The Hall–Kier alpha value is -2.09. The molecule has 1 fully saturated rings. The number of aryl methyl sites for hydroxylation is 1. The maximum Gasteiger partial charge on any atom is 0.241 e. The number of nitrogens with one attached hydrogen (secondary N) is 2. The van der Waals surface area contributed by atoms with Gasteiger partial charge in [0, 0.05) is 21.8 Å². The number of halogens is 2. The normalized spacial score (nSPS) is 17.3. The summed E-state index contributed by atoms with van der Waals surface area (Å²) in [6.45, 7) is 2.51. The molecule has 26 heavy (non-hydrogen) atoms. The van der Waals surface area contributed by atoms with Crippen LogP contribution in [0.3, 0.4) is 0 Å². The van der Waals surface area contributed by atoms with Crippen LogP contribution in [0.4, 0.5) is 11.5 Å². The van der Waals surface area contributed by atoms with Gasteiger partial charge >= 0.3 is 0 Å². The van der Waals surface area contributed by atoms with E-state index in [0.717, 1.165) is 6.42 Å². The second-order valence-corrected chi connectivity index (χ2v) is 7.02. The second-order valence-electron chi connectivity index (χ2n) is 6.15. The lowest BCUT2D eigenvalue weighted by Crippen LogP contribution is -2.43. The van der Waals surface area contributed by atoms with Crippen molar-refractivity contribution in [2.24, 2.45) is 0 Å².